The minimum Gasteiger partial charge on any atom is -0.324 e. The largest absolute Gasteiger partial charge is 0.324 e. The van der Waals surface area contributed by atoms with E-state index in [0.29, 0.717) is 5.69 Å². The van der Waals surface area contributed by atoms with Crippen molar-refractivity contribution >= 4 is 34.8 Å². The van der Waals surface area contributed by atoms with Crippen LogP contribution < -0.4 is 10.2 Å². The quantitative estimate of drug-likeness (QED) is 0.860. The summed E-state index contributed by atoms with van der Waals surface area (Å²) >= 11 is 5.78. The van der Waals surface area contributed by atoms with E-state index in [0.717, 1.165) is 23.2 Å². The molecule has 0 saturated heterocycles. The predicted octanol–water partition coefficient (Wildman–Crippen LogP) is 4.34. The van der Waals surface area contributed by atoms with Gasteiger partial charge in [0.2, 0.25) is 11.8 Å². The summed E-state index contributed by atoms with van der Waals surface area (Å²) in [4.78, 5) is 25.6. The Labute approximate surface area is 151 Å². The Kier molecular flexibility index (Phi) is 6.15. The van der Waals surface area contributed by atoms with Crippen LogP contribution in [0.4, 0.5) is 15.8 Å². The number of rotatable bonds is 5. The van der Waals surface area contributed by atoms with Crippen molar-refractivity contribution in [2.45, 2.75) is 27.2 Å². The Balaban J connectivity index is 2.22. The SMILES string of the molecule is CCc1cccc(C)c1NC(=O)CN(C(C)=O)c1ccc(F)c(Cl)c1. The van der Waals surface area contributed by atoms with E-state index in [4.69, 9.17) is 11.6 Å². The maximum Gasteiger partial charge on any atom is 0.244 e. The van der Waals surface area contributed by atoms with E-state index < -0.39 is 5.82 Å². The molecule has 25 heavy (non-hydrogen) atoms. The predicted molar refractivity (Wildman–Crippen MR) is 98.6 cm³/mol. The summed E-state index contributed by atoms with van der Waals surface area (Å²) in [6.45, 7) is 5.08. The van der Waals surface area contributed by atoms with Crippen LogP contribution in [0.15, 0.2) is 36.4 Å². The number of nitrogens with zero attached hydrogens (tertiary/aromatic N) is 1. The number of aryl methyl sites for hydroxylation is 2. The van der Waals surface area contributed by atoms with E-state index in [2.05, 4.69) is 5.32 Å². The summed E-state index contributed by atoms with van der Waals surface area (Å²) < 4.78 is 13.3. The number of halogens is 2. The molecule has 0 aromatic heterocycles. The molecule has 0 radical (unpaired) electrons. The first-order valence-electron chi connectivity index (χ1n) is 7.95. The van der Waals surface area contributed by atoms with Crippen molar-refractivity contribution in [1.82, 2.24) is 0 Å². The van der Waals surface area contributed by atoms with E-state index in [1.807, 2.05) is 32.0 Å². The molecule has 2 rings (SSSR count). The fourth-order valence-electron chi connectivity index (χ4n) is 2.56. The number of hydrogen-bond acceptors (Lipinski definition) is 2. The van der Waals surface area contributed by atoms with Crippen molar-refractivity contribution in [3.8, 4) is 0 Å². The molecule has 6 heteroatoms. The molecular formula is C19H20ClFN2O2. The van der Waals surface area contributed by atoms with Gasteiger partial charge in [0.25, 0.3) is 0 Å². The highest BCUT2D eigenvalue weighted by Crippen LogP contribution is 2.24. The third-order valence-electron chi connectivity index (χ3n) is 3.90. The van der Waals surface area contributed by atoms with Crippen LogP contribution in [0.1, 0.15) is 25.0 Å². The van der Waals surface area contributed by atoms with Crippen LogP contribution in [-0.4, -0.2) is 18.4 Å². The summed E-state index contributed by atoms with van der Waals surface area (Å²) in [7, 11) is 0. The van der Waals surface area contributed by atoms with Gasteiger partial charge in [0.1, 0.15) is 12.4 Å². The van der Waals surface area contributed by atoms with Gasteiger partial charge in [0, 0.05) is 18.3 Å². The zero-order valence-corrected chi connectivity index (χ0v) is 15.2. The topological polar surface area (TPSA) is 49.4 Å². The monoisotopic (exact) mass is 362 g/mol. The zero-order valence-electron chi connectivity index (χ0n) is 14.4. The first kappa shape index (κ1) is 18.9. The molecule has 2 aromatic carbocycles. The molecule has 0 unspecified atom stereocenters. The van der Waals surface area contributed by atoms with Crippen molar-refractivity contribution in [2.75, 3.05) is 16.8 Å². The number of nitrogens with one attached hydrogen (secondary N) is 1. The van der Waals surface area contributed by atoms with Crippen molar-refractivity contribution < 1.29 is 14.0 Å². The van der Waals surface area contributed by atoms with Crippen molar-refractivity contribution in [3.05, 3.63) is 58.4 Å². The van der Waals surface area contributed by atoms with Crippen LogP contribution in [0.3, 0.4) is 0 Å². The number of amides is 2. The van der Waals surface area contributed by atoms with Gasteiger partial charge in [-0.15, -0.1) is 0 Å². The maximum absolute atomic E-state index is 13.3. The molecule has 1 N–H and O–H groups in total. The summed E-state index contributed by atoms with van der Waals surface area (Å²) in [5.41, 5.74) is 3.10. The molecule has 2 aromatic rings. The minimum atomic E-state index is -0.578. The van der Waals surface area contributed by atoms with E-state index in [-0.39, 0.29) is 23.4 Å². The maximum atomic E-state index is 13.3. The smallest absolute Gasteiger partial charge is 0.244 e. The molecule has 0 spiro atoms. The van der Waals surface area contributed by atoms with E-state index in [1.54, 1.807) is 0 Å². The highest BCUT2D eigenvalue weighted by molar-refractivity contribution is 6.31. The Morgan fingerprint density at radius 3 is 2.56 bits per heavy atom. The molecule has 0 aliphatic rings. The van der Waals surface area contributed by atoms with E-state index in [1.165, 1.54) is 30.0 Å². The molecule has 0 saturated carbocycles. The molecule has 0 aliphatic heterocycles. The molecule has 132 valence electrons. The standard InChI is InChI=1S/C19H20ClFN2O2/c1-4-14-7-5-6-12(2)19(14)22-18(25)11-23(13(3)24)15-8-9-17(21)16(20)10-15/h5-10H,4,11H2,1-3H3,(H,22,25). The average molecular weight is 363 g/mol. The van der Waals surface area contributed by atoms with Crippen molar-refractivity contribution in [2.24, 2.45) is 0 Å². The molecular weight excluding hydrogens is 343 g/mol. The Hall–Kier alpha value is -2.40. The highest BCUT2D eigenvalue weighted by Gasteiger charge is 2.18. The van der Waals surface area contributed by atoms with Crippen LogP contribution in [0, 0.1) is 12.7 Å². The first-order valence-corrected chi connectivity index (χ1v) is 8.32. The van der Waals surface area contributed by atoms with Crippen LogP contribution >= 0.6 is 11.6 Å². The highest BCUT2D eigenvalue weighted by atomic mass is 35.5. The Bertz CT molecular complexity index is 808. The van der Waals surface area contributed by atoms with Gasteiger partial charge in [0.15, 0.2) is 0 Å². The van der Waals surface area contributed by atoms with Gasteiger partial charge in [-0.3, -0.25) is 9.59 Å². The number of carbonyl (C=O) groups excluding carboxylic acids is 2. The lowest BCUT2D eigenvalue weighted by Gasteiger charge is -2.22. The van der Waals surface area contributed by atoms with Crippen LogP contribution in [0.2, 0.25) is 5.02 Å². The number of carbonyl (C=O) groups is 2. The molecule has 2 amide bonds. The van der Waals surface area contributed by atoms with E-state index in [9.17, 15) is 14.0 Å². The number of benzene rings is 2. The summed E-state index contributed by atoms with van der Waals surface area (Å²) in [5, 5.41) is 2.77. The normalized spacial score (nSPS) is 10.4. The fourth-order valence-corrected chi connectivity index (χ4v) is 2.74. The molecule has 0 heterocycles. The Morgan fingerprint density at radius 2 is 1.96 bits per heavy atom. The van der Waals surface area contributed by atoms with Gasteiger partial charge in [-0.25, -0.2) is 4.39 Å². The lowest BCUT2D eigenvalue weighted by atomic mass is 10.1. The average Bonchev–Trinajstić information content (AvgIpc) is 2.57. The fraction of sp³-hybridized carbons (Fsp3) is 0.263. The second-order valence-corrected chi connectivity index (χ2v) is 6.12. The van der Waals surface area contributed by atoms with E-state index >= 15 is 0 Å². The molecule has 0 fully saturated rings. The number of anilines is 2. The van der Waals surface area contributed by atoms with Crippen LogP contribution in [0.5, 0.6) is 0 Å². The van der Waals surface area contributed by atoms with Gasteiger partial charge < -0.3 is 10.2 Å². The van der Waals surface area contributed by atoms with Gasteiger partial charge in [-0.2, -0.15) is 0 Å². The summed E-state index contributed by atoms with van der Waals surface area (Å²) in [6.07, 6.45) is 0.779. The summed E-state index contributed by atoms with van der Waals surface area (Å²) in [6, 6.07) is 9.72. The Morgan fingerprint density at radius 1 is 1.24 bits per heavy atom. The minimum absolute atomic E-state index is 0.101. The van der Waals surface area contributed by atoms with Gasteiger partial charge in [-0.1, -0.05) is 36.7 Å². The third-order valence-corrected chi connectivity index (χ3v) is 4.19. The lowest BCUT2D eigenvalue weighted by molar-refractivity contribution is -0.120. The number of hydrogen-bond donors (Lipinski definition) is 1. The first-order chi connectivity index (χ1) is 11.8. The zero-order chi connectivity index (χ0) is 18.6. The molecule has 0 aliphatic carbocycles. The van der Waals surface area contributed by atoms with Gasteiger partial charge in [0.05, 0.1) is 5.02 Å². The molecule has 0 bridgehead atoms. The van der Waals surface area contributed by atoms with Gasteiger partial charge >= 0.3 is 0 Å². The van der Waals surface area contributed by atoms with Crippen LogP contribution in [0.25, 0.3) is 0 Å². The van der Waals surface area contributed by atoms with Gasteiger partial charge in [-0.05, 0) is 42.7 Å². The molecule has 4 nitrogen and oxygen atoms in total. The summed E-state index contributed by atoms with van der Waals surface area (Å²) in [5.74, 6) is -1.25. The molecule has 0 atom stereocenters. The lowest BCUT2D eigenvalue weighted by Crippen LogP contribution is -2.37. The van der Waals surface area contributed by atoms with Crippen molar-refractivity contribution in [3.63, 3.8) is 0 Å². The second kappa shape index (κ2) is 8.12. The number of para-hydroxylation sites is 1. The second-order valence-electron chi connectivity index (χ2n) is 5.71. The van der Waals surface area contributed by atoms with Crippen LogP contribution in [-0.2, 0) is 16.0 Å². The van der Waals surface area contributed by atoms with Crippen molar-refractivity contribution in [1.29, 1.82) is 0 Å². The third kappa shape index (κ3) is 4.57.